The molecule has 2 heterocycles. The summed E-state index contributed by atoms with van der Waals surface area (Å²) in [6, 6.07) is 6.24. The lowest BCUT2D eigenvalue weighted by Crippen LogP contribution is -2.58. The molecule has 29 heavy (non-hydrogen) atoms. The van der Waals surface area contributed by atoms with Crippen LogP contribution in [0.1, 0.15) is 40.0 Å². The van der Waals surface area contributed by atoms with Crippen LogP contribution in [0.25, 0.3) is 0 Å². The number of piperidine rings is 1. The highest BCUT2D eigenvalue weighted by molar-refractivity contribution is 5.89. The first kappa shape index (κ1) is 21.6. The molecule has 160 valence electrons. The maximum absolute atomic E-state index is 13.1. The molecule has 3 rings (SSSR count). The molecular formula is C22H33FN4O2. The molecule has 2 fully saturated rings. The maximum atomic E-state index is 13.1. The monoisotopic (exact) mass is 404 g/mol. The molecule has 0 bridgehead atoms. The number of benzene rings is 1. The van der Waals surface area contributed by atoms with Crippen molar-refractivity contribution in [3.63, 3.8) is 0 Å². The van der Waals surface area contributed by atoms with Gasteiger partial charge in [-0.25, -0.2) is 4.39 Å². The number of hydrogen-bond donors (Lipinski definition) is 2. The number of piperazine rings is 1. The minimum atomic E-state index is -0.401. The molecule has 1 unspecified atom stereocenters. The molecule has 1 aromatic rings. The van der Waals surface area contributed by atoms with Crippen molar-refractivity contribution in [2.45, 2.75) is 52.1 Å². The van der Waals surface area contributed by atoms with Gasteiger partial charge in [-0.3, -0.25) is 14.5 Å². The van der Waals surface area contributed by atoms with E-state index in [0.29, 0.717) is 6.54 Å². The number of carbonyl (C=O) groups is 2. The minimum absolute atomic E-state index is 0.0539. The zero-order valence-corrected chi connectivity index (χ0v) is 17.7. The molecule has 2 aliphatic rings. The second-order valence-electron chi connectivity index (χ2n) is 9.35. The van der Waals surface area contributed by atoms with Crippen LogP contribution in [0, 0.1) is 11.2 Å². The first-order chi connectivity index (χ1) is 13.7. The van der Waals surface area contributed by atoms with E-state index in [1.807, 2.05) is 0 Å². The van der Waals surface area contributed by atoms with Crippen molar-refractivity contribution in [1.29, 1.82) is 0 Å². The van der Waals surface area contributed by atoms with Gasteiger partial charge in [0, 0.05) is 44.5 Å². The van der Waals surface area contributed by atoms with Gasteiger partial charge in [0.15, 0.2) is 0 Å². The zero-order chi connectivity index (χ0) is 21.0. The fourth-order valence-corrected chi connectivity index (χ4v) is 4.18. The van der Waals surface area contributed by atoms with E-state index in [9.17, 15) is 14.0 Å². The molecule has 0 spiro atoms. The van der Waals surface area contributed by atoms with Crippen LogP contribution in [0.5, 0.6) is 0 Å². The van der Waals surface area contributed by atoms with E-state index in [1.165, 1.54) is 12.1 Å². The predicted octanol–water partition coefficient (Wildman–Crippen LogP) is 2.15. The summed E-state index contributed by atoms with van der Waals surface area (Å²) in [6.45, 7) is 10.3. The summed E-state index contributed by atoms with van der Waals surface area (Å²) < 4.78 is 13.1. The van der Waals surface area contributed by atoms with Crippen LogP contribution in [0.15, 0.2) is 24.3 Å². The molecule has 0 radical (unpaired) electrons. The molecule has 2 aliphatic heterocycles. The van der Waals surface area contributed by atoms with E-state index in [4.69, 9.17) is 0 Å². The number of rotatable bonds is 5. The molecule has 0 saturated carbocycles. The van der Waals surface area contributed by atoms with Gasteiger partial charge in [0.2, 0.25) is 11.8 Å². The Bertz CT molecular complexity index is 709. The average Bonchev–Trinajstić information content (AvgIpc) is 2.65. The highest BCUT2D eigenvalue weighted by Crippen LogP contribution is 2.22. The molecule has 0 aliphatic carbocycles. The summed E-state index contributed by atoms with van der Waals surface area (Å²) in [7, 11) is 0. The summed E-state index contributed by atoms with van der Waals surface area (Å²) in [4.78, 5) is 29.4. The number of nitrogens with one attached hydrogen (secondary N) is 2. The van der Waals surface area contributed by atoms with Crippen LogP contribution < -0.4 is 15.5 Å². The van der Waals surface area contributed by atoms with E-state index in [0.717, 1.165) is 44.7 Å². The third kappa shape index (κ3) is 6.16. The molecule has 6 nitrogen and oxygen atoms in total. The Balaban J connectivity index is 1.50. The van der Waals surface area contributed by atoms with Crippen LogP contribution in [-0.4, -0.2) is 61.5 Å². The Morgan fingerprint density at radius 1 is 1.17 bits per heavy atom. The van der Waals surface area contributed by atoms with Gasteiger partial charge in [-0.05, 0) is 42.5 Å². The van der Waals surface area contributed by atoms with E-state index in [2.05, 4.69) is 41.2 Å². The van der Waals surface area contributed by atoms with Crippen molar-refractivity contribution in [3.8, 4) is 0 Å². The molecule has 0 aromatic heterocycles. The van der Waals surface area contributed by atoms with E-state index >= 15 is 0 Å². The standard InChI is InChI=1S/C22H33FN4O2/c1-22(2,3)15-27-13-10-24-21(29)19(27)14-20(28)25-17-8-11-26(12-9-17)18-6-4-16(23)5-7-18/h4-7,17,19H,8-15H2,1-3H3,(H,24,29)(H,25,28). The van der Waals surface area contributed by atoms with Gasteiger partial charge in [0.05, 0.1) is 12.5 Å². The topological polar surface area (TPSA) is 64.7 Å². The Labute approximate surface area is 172 Å². The van der Waals surface area contributed by atoms with Crippen molar-refractivity contribution in [2.75, 3.05) is 37.6 Å². The summed E-state index contributed by atoms with van der Waals surface area (Å²) in [5.74, 6) is -0.351. The van der Waals surface area contributed by atoms with Crippen LogP contribution in [0.4, 0.5) is 10.1 Å². The van der Waals surface area contributed by atoms with Gasteiger partial charge in [0.1, 0.15) is 5.82 Å². The summed E-state index contributed by atoms with van der Waals surface area (Å²) in [6.07, 6.45) is 1.87. The smallest absolute Gasteiger partial charge is 0.237 e. The molecule has 2 N–H and O–H groups in total. The summed E-state index contributed by atoms with van der Waals surface area (Å²) >= 11 is 0. The lowest BCUT2D eigenvalue weighted by Gasteiger charge is -2.39. The molecule has 2 saturated heterocycles. The largest absolute Gasteiger partial charge is 0.371 e. The van der Waals surface area contributed by atoms with Crippen LogP contribution >= 0.6 is 0 Å². The van der Waals surface area contributed by atoms with Gasteiger partial charge >= 0.3 is 0 Å². The van der Waals surface area contributed by atoms with Gasteiger partial charge in [-0.1, -0.05) is 20.8 Å². The lowest BCUT2D eigenvalue weighted by molar-refractivity contribution is -0.134. The number of carbonyl (C=O) groups excluding carboxylic acids is 2. The Kier molecular flexibility index (Phi) is 6.77. The molecule has 1 aromatic carbocycles. The van der Waals surface area contributed by atoms with Gasteiger partial charge in [0.25, 0.3) is 0 Å². The number of anilines is 1. The van der Waals surface area contributed by atoms with E-state index in [-0.39, 0.29) is 35.5 Å². The summed E-state index contributed by atoms with van der Waals surface area (Å²) in [5, 5.41) is 6.01. The summed E-state index contributed by atoms with van der Waals surface area (Å²) in [5.41, 5.74) is 1.08. The number of nitrogens with zero attached hydrogens (tertiary/aromatic N) is 2. The van der Waals surface area contributed by atoms with Crippen LogP contribution in [0.3, 0.4) is 0 Å². The number of halogens is 1. The van der Waals surface area contributed by atoms with Crippen molar-refractivity contribution in [1.82, 2.24) is 15.5 Å². The lowest BCUT2D eigenvalue weighted by atomic mass is 9.94. The highest BCUT2D eigenvalue weighted by atomic mass is 19.1. The average molecular weight is 405 g/mol. The molecular weight excluding hydrogens is 371 g/mol. The maximum Gasteiger partial charge on any atom is 0.237 e. The fourth-order valence-electron chi connectivity index (χ4n) is 4.18. The Morgan fingerprint density at radius 2 is 1.83 bits per heavy atom. The molecule has 1 atom stereocenters. The first-order valence-electron chi connectivity index (χ1n) is 10.5. The third-order valence-electron chi connectivity index (χ3n) is 5.55. The second-order valence-corrected chi connectivity index (χ2v) is 9.35. The number of hydrogen-bond acceptors (Lipinski definition) is 4. The van der Waals surface area contributed by atoms with E-state index in [1.54, 1.807) is 12.1 Å². The third-order valence-corrected chi connectivity index (χ3v) is 5.55. The van der Waals surface area contributed by atoms with Crippen molar-refractivity contribution in [3.05, 3.63) is 30.1 Å². The van der Waals surface area contributed by atoms with Crippen molar-refractivity contribution >= 4 is 17.5 Å². The van der Waals surface area contributed by atoms with E-state index < -0.39 is 6.04 Å². The van der Waals surface area contributed by atoms with Crippen molar-refractivity contribution in [2.24, 2.45) is 5.41 Å². The SMILES string of the molecule is CC(C)(C)CN1CCNC(=O)C1CC(=O)NC1CCN(c2ccc(F)cc2)CC1. The molecule has 7 heteroatoms. The Hall–Kier alpha value is -2.15. The van der Waals surface area contributed by atoms with Crippen molar-refractivity contribution < 1.29 is 14.0 Å². The van der Waals surface area contributed by atoms with Crippen LogP contribution in [0.2, 0.25) is 0 Å². The zero-order valence-electron chi connectivity index (χ0n) is 17.7. The first-order valence-corrected chi connectivity index (χ1v) is 10.5. The minimum Gasteiger partial charge on any atom is -0.371 e. The Morgan fingerprint density at radius 3 is 2.45 bits per heavy atom. The quantitative estimate of drug-likeness (QED) is 0.789. The highest BCUT2D eigenvalue weighted by Gasteiger charge is 2.34. The fraction of sp³-hybridized carbons (Fsp3) is 0.636. The van der Waals surface area contributed by atoms with Gasteiger partial charge in [-0.15, -0.1) is 0 Å². The normalized spacial score (nSPS) is 21.7. The van der Waals surface area contributed by atoms with Gasteiger partial charge < -0.3 is 15.5 Å². The molecule has 2 amide bonds. The van der Waals surface area contributed by atoms with Crippen LogP contribution in [-0.2, 0) is 9.59 Å². The number of amides is 2. The van der Waals surface area contributed by atoms with Gasteiger partial charge in [-0.2, -0.15) is 0 Å². The second kappa shape index (κ2) is 9.11. The predicted molar refractivity (Wildman–Crippen MR) is 112 cm³/mol.